The third-order valence-electron chi connectivity index (χ3n) is 9.01. The van der Waals surface area contributed by atoms with E-state index in [4.69, 9.17) is 18.5 Å². The van der Waals surface area contributed by atoms with E-state index >= 15 is 0 Å². The van der Waals surface area contributed by atoms with Crippen LogP contribution < -0.4 is 4.89 Å². The lowest BCUT2D eigenvalue weighted by Gasteiger charge is -2.28. The van der Waals surface area contributed by atoms with Gasteiger partial charge in [-0.25, -0.2) is 0 Å². The zero-order chi connectivity index (χ0) is 41.4. The third-order valence-corrected chi connectivity index (χ3v) is 9.97. The summed E-state index contributed by atoms with van der Waals surface area (Å²) < 4.78 is 33.8. The van der Waals surface area contributed by atoms with Gasteiger partial charge in [-0.3, -0.25) is 14.2 Å². The molecule has 0 aromatic heterocycles. The number of hydrogen-bond acceptors (Lipinski definition) is 8. The number of rotatable bonds is 39. The molecule has 0 radical (unpaired) electrons. The SMILES string of the molecule is CCCCC/C=C\C/C=C\C/C=C\C/C=C\CCCC(=O)OC[C@H](COP(=O)([O-])OCC[N+](C)(C)C)OC(=O)CCCCCCC/C=C\CCCCCCCC. The van der Waals surface area contributed by atoms with Gasteiger partial charge in [0, 0.05) is 12.8 Å². The second-order valence-electron chi connectivity index (χ2n) is 15.7. The smallest absolute Gasteiger partial charge is 0.306 e. The number of ether oxygens (including phenoxy) is 2. The highest BCUT2D eigenvalue weighted by molar-refractivity contribution is 7.45. The summed E-state index contributed by atoms with van der Waals surface area (Å²) in [6.45, 7) is 4.11. The Labute approximate surface area is 343 Å². The summed E-state index contributed by atoms with van der Waals surface area (Å²) in [7, 11) is 1.12. The molecule has 0 heterocycles. The molecular weight excluding hydrogens is 725 g/mol. The molecule has 0 spiro atoms. The lowest BCUT2D eigenvalue weighted by atomic mass is 10.1. The summed E-state index contributed by atoms with van der Waals surface area (Å²) >= 11 is 0. The Morgan fingerprint density at radius 3 is 1.54 bits per heavy atom. The molecule has 0 saturated carbocycles. The van der Waals surface area contributed by atoms with Crippen LogP contribution >= 0.6 is 7.82 Å². The van der Waals surface area contributed by atoms with Crippen LogP contribution in [0.3, 0.4) is 0 Å². The number of nitrogens with zero attached hydrogens (tertiary/aromatic N) is 1. The lowest BCUT2D eigenvalue weighted by molar-refractivity contribution is -0.870. The highest BCUT2D eigenvalue weighted by Gasteiger charge is 2.21. The van der Waals surface area contributed by atoms with Crippen LogP contribution in [0.25, 0.3) is 0 Å². The Balaban J connectivity index is 4.48. The summed E-state index contributed by atoms with van der Waals surface area (Å²) in [5, 5.41) is 0. The fourth-order valence-corrected chi connectivity index (χ4v) is 6.25. The van der Waals surface area contributed by atoms with Crippen LogP contribution in [0.1, 0.15) is 168 Å². The molecule has 0 aromatic rings. The minimum atomic E-state index is -4.64. The molecule has 0 aliphatic rings. The zero-order valence-electron chi connectivity index (χ0n) is 36.3. The third kappa shape index (κ3) is 41.3. The molecule has 324 valence electrons. The van der Waals surface area contributed by atoms with Gasteiger partial charge >= 0.3 is 11.9 Å². The van der Waals surface area contributed by atoms with Crippen LogP contribution in [0.5, 0.6) is 0 Å². The number of quaternary nitrogens is 1. The first-order chi connectivity index (χ1) is 27.0. The number of phosphoric acid groups is 1. The highest BCUT2D eigenvalue weighted by Crippen LogP contribution is 2.38. The van der Waals surface area contributed by atoms with Gasteiger partial charge < -0.3 is 27.9 Å². The van der Waals surface area contributed by atoms with Crippen molar-refractivity contribution < 1.29 is 42.1 Å². The van der Waals surface area contributed by atoms with E-state index in [9.17, 15) is 19.0 Å². The van der Waals surface area contributed by atoms with Gasteiger partial charge in [-0.05, 0) is 77.0 Å². The molecule has 2 atom stereocenters. The molecule has 10 heteroatoms. The van der Waals surface area contributed by atoms with E-state index in [0.717, 1.165) is 57.8 Å². The number of carbonyl (C=O) groups excluding carboxylic acids is 2. The Bertz CT molecular complexity index is 1140. The molecule has 0 rings (SSSR count). The average molecular weight is 808 g/mol. The lowest BCUT2D eigenvalue weighted by Crippen LogP contribution is -2.37. The number of likely N-dealkylation sites (N-methyl/N-ethyl adjacent to an activating group) is 1. The van der Waals surface area contributed by atoms with Crippen LogP contribution in [0.15, 0.2) is 60.8 Å². The van der Waals surface area contributed by atoms with Gasteiger partial charge in [0.2, 0.25) is 0 Å². The maximum atomic E-state index is 12.7. The Morgan fingerprint density at radius 2 is 0.982 bits per heavy atom. The van der Waals surface area contributed by atoms with Crippen molar-refractivity contribution in [2.24, 2.45) is 0 Å². The molecule has 0 aliphatic heterocycles. The van der Waals surface area contributed by atoms with E-state index in [2.05, 4.69) is 74.6 Å². The summed E-state index contributed by atoms with van der Waals surface area (Å²) in [6.07, 6.45) is 45.4. The van der Waals surface area contributed by atoms with E-state index in [1.165, 1.54) is 70.6 Å². The normalized spacial score (nSPS) is 14.2. The number of unbranched alkanes of at least 4 members (excludes halogenated alkanes) is 15. The Morgan fingerprint density at radius 1 is 0.554 bits per heavy atom. The quantitative estimate of drug-likeness (QED) is 0.0198. The van der Waals surface area contributed by atoms with Gasteiger partial charge in [-0.15, -0.1) is 0 Å². The van der Waals surface area contributed by atoms with Crippen molar-refractivity contribution in [3.63, 3.8) is 0 Å². The largest absolute Gasteiger partial charge is 0.756 e. The van der Waals surface area contributed by atoms with Gasteiger partial charge in [0.25, 0.3) is 7.82 Å². The summed E-state index contributed by atoms with van der Waals surface area (Å²) in [5.74, 6) is -0.914. The van der Waals surface area contributed by atoms with Crippen LogP contribution in [0.2, 0.25) is 0 Å². The second-order valence-corrected chi connectivity index (χ2v) is 17.1. The monoisotopic (exact) mass is 808 g/mol. The minimum Gasteiger partial charge on any atom is -0.756 e. The number of allylic oxidation sites excluding steroid dienone is 10. The Kier molecular flexibility index (Phi) is 36.7. The minimum absolute atomic E-state index is 0.0430. The van der Waals surface area contributed by atoms with Crippen LogP contribution in [-0.2, 0) is 32.7 Å². The van der Waals surface area contributed by atoms with Crippen molar-refractivity contribution in [2.45, 2.75) is 174 Å². The predicted molar refractivity (Wildman–Crippen MR) is 231 cm³/mol. The van der Waals surface area contributed by atoms with Gasteiger partial charge in [0.1, 0.15) is 19.8 Å². The number of carbonyl (C=O) groups is 2. The molecular formula is C46H82NO8P. The van der Waals surface area contributed by atoms with E-state index in [-0.39, 0.29) is 26.1 Å². The fraction of sp³-hybridized carbons (Fsp3) is 0.739. The average Bonchev–Trinajstić information content (AvgIpc) is 3.15. The van der Waals surface area contributed by atoms with E-state index in [1.807, 2.05) is 21.1 Å². The molecule has 0 aliphatic carbocycles. The van der Waals surface area contributed by atoms with E-state index in [0.29, 0.717) is 23.9 Å². The molecule has 9 nitrogen and oxygen atoms in total. The van der Waals surface area contributed by atoms with Gasteiger partial charge in [-0.2, -0.15) is 0 Å². The first kappa shape index (κ1) is 53.7. The number of hydrogen-bond donors (Lipinski definition) is 0. The Hall–Kier alpha value is -2.29. The topological polar surface area (TPSA) is 111 Å². The van der Waals surface area contributed by atoms with Crippen molar-refractivity contribution in [3.8, 4) is 0 Å². The molecule has 56 heavy (non-hydrogen) atoms. The van der Waals surface area contributed by atoms with E-state index in [1.54, 1.807) is 0 Å². The molecule has 0 amide bonds. The van der Waals surface area contributed by atoms with Crippen LogP contribution in [-0.4, -0.2) is 70.0 Å². The fourth-order valence-electron chi connectivity index (χ4n) is 5.52. The molecule has 0 bridgehead atoms. The molecule has 0 aromatic carbocycles. The molecule has 1 unspecified atom stereocenters. The standard InChI is InChI=1S/C46H82NO8P/c1-6-8-10-12-14-16-18-20-22-23-25-26-28-30-32-34-36-38-45(48)52-42-44(43-54-56(50,51)53-41-40-47(3,4)5)55-46(49)39-37-35-33-31-29-27-24-21-19-17-15-13-11-9-7-2/h14,16,20-22,24-26,30,32,44H,6-13,15,17-19,23,27-29,31,33-43H2,1-5H3/b16-14-,22-20-,24-21-,26-25-,32-30-/t44-/m1/s1. The van der Waals surface area contributed by atoms with Crippen molar-refractivity contribution in [2.75, 3.05) is 47.5 Å². The van der Waals surface area contributed by atoms with Crippen molar-refractivity contribution in [1.29, 1.82) is 0 Å². The molecule has 0 fully saturated rings. The maximum Gasteiger partial charge on any atom is 0.306 e. The van der Waals surface area contributed by atoms with Crippen LogP contribution in [0.4, 0.5) is 0 Å². The van der Waals surface area contributed by atoms with Crippen LogP contribution in [0, 0.1) is 0 Å². The second kappa shape index (κ2) is 38.2. The molecule has 0 N–H and O–H groups in total. The van der Waals surface area contributed by atoms with E-state index < -0.39 is 32.5 Å². The number of phosphoric ester groups is 1. The first-order valence-electron chi connectivity index (χ1n) is 22.0. The van der Waals surface area contributed by atoms with Gasteiger partial charge in [-0.1, -0.05) is 139 Å². The maximum absolute atomic E-state index is 12.7. The number of esters is 2. The predicted octanol–water partition coefficient (Wildman–Crippen LogP) is 11.8. The summed E-state index contributed by atoms with van der Waals surface area (Å²) in [4.78, 5) is 37.5. The van der Waals surface area contributed by atoms with Crippen molar-refractivity contribution >= 4 is 19.8 Å². The van der Waals surface area contributed by atoms with Crippen molar-refractivity contribution in [1.82, 2.24) is 0 Å². The zero-order valence-corrected chi connectivity index (χ0v) is 37.2. The summed E-state index contributed by atoms with van der Waals surface area (Å²) in [6, 6.07) is 0. The molecule has 0 saturated heterocycles. The van der Waals surface area contributed by atoms with Gasteiger partial charge in [0.15, 0.2) is 6.10 Å². The first-order valence-corrected chi connectivity index (χ1v) is 23.5. The highest BCUT2D eigenvalue weighted by atomic mass is 31.2. The van der Waals surface area contributed by atoms with Crippen molar-refractivity contribution in [3.05, 3.63) is 60.8 Å². The summed E-state index contributed by atoms with van der Waals surface area (Å²) in [5.41, 5.74) is 0. The van der Waals surface area contributed by atoms with Gasteiger partial charge in [0.05, 0.1) is 27.7 Å².